The Morgan fingerprint density at radius 2 is 2.00 bits per heavy atom. The van der Waals surface area contributed by atoms with Crippen molar-refractivity contribution in [2.24, 2.45) is 0 Å². The standard InChI is InChI=1S/C17H23N5O2S2/c1-11-3-10-25-14(11)13(21-6-4-20(5-7-21)8-9-23)15-16(24)22-17(26-15)18-12(2)19-22/h3,10,13,23-24H,4-9H2,1-2H3/p+2/t13-/m1/s1. The summed E-state index contributed by atoms with van der Waals surface area (Å²) < 4.78 is 1.57. The van der Waals surface area contributed by atoms with Crippen LogP contribution in [0.4, 0.5) is 0 Å². The van der Waals surface area contributed by atoms with E-state index in [0.717, 1.165) is 42.6 Å². The maximum Gasteiger partial charge on any atom is 0.235 e. The first-order valence-corrected chi connectivity index (χ1v) is 10.7. The lowest BCUT2D eigenvalue weighted by molar-refractivity contribution is -1.02. The van der Waals surface area contributed by atoms with Gasteiger partial charge in [0.15, 0.2) is 6.04 Å². The van der Waals surface area contributed by atoms with Gasteiger partial charge in [-0.2, -0.15) is 4.52 Å². The monoisotopic (exact) mass is 395 g/mol. The molecule has 1 atom stereocenters. The van der Waals surface area contributed by atoms with Gasteiger partial charge < -0.3 is 20.0 Å². The molecule has 9 heteroatoms. The molecular formula is C17H25N5O2S2+2. The molecule has 0 radical (unpaired) electrons. The highest BCUT2D eigenvalue weighted by Gasteiger charge is 2.37. The van der Waals surface area contributed by atoms with Crippen molar-refractivity contribution in [2.75, 3.05) is 39.3 Å². The minimum absolute atomic E-state index is 0.111. The van der Waals surface area contributed by atoms with Gasteiger partial charge in [-0.05, 0) is 30.9 Å². The second kappa shape index (κ2) is 7.24. The highest BCUT2D eigenvalue weighted by Crippen LogP contribution is 2.37. The highest BCUT2D eigenvalue weighted by molar-refractivity contribution is 7.17. The second-order valence-corrected chi connectivity index (χ2v) is 8.88. The molecule has 3 aromatic rings. The summed E-state index contributed by atoms with van der Waals surface area (Å²) in [6.45, 7) is 9.16. The van der Waals surface area contributed by atoms with Crippen LogP contribution in [0, 0.1) is 13.8 Å². The summed E-state index contributed by atoms with van der Waals surface area (Å²) in [6.07, 6.45) is 0. The summed E-state index contributed by atoms with van der Waals surface area (Å²) >= 11 is 3.30. The summed E-state index contributed by atoms with van der Waals surface area (Å²) in [7, 11) is 0. The van der Waals surface area contributed by atoms with Crippen molar-refractivity contribution in [2.45, 2.75) is 19.9 Å². The topological polar surface area (TPSA) is 79.5 Å². The summed E-state index contributed by atoms with van der Waals surface area (Å²) in [5, 5.41) is 26.5. The van der Waals surface area contributed by atoms with Crippen molar-refractivity contribution < 1.29 is 20.0 Å². The molecule has 0 aliphatic carbocycles. The first kappa shape index (κ1) is 17.9. The number of quaternary nitrogens is 2. The van der Waals surface area contributed by atoms with Gasteiger partial charge in [0.1, 0.15) is 43.4 Å². The Labute approximate surface area is 160 Å². The molecule has 1 fully saturated rings. The van der Waals surface area contributed by atoms with E-state index >= 15 is 0 Å². The van der Waals surface area contributed by atoms with E-state index in [-0.39, 0.29) is 18.5 Å². The molecule has 4 rings (SSSR count). The molecule has 3 aromatic heterocycles. The van der Waals surface area contributed by atoms with Gasteiger partial charge in [-0.1, -0.05) is 11.3 Å². The van der Waals surface area contributed by atoms with Crippen LogP contribution in [0.3, 0.4) is 0 Å². The van der Waals surface area contributed by atoms with Crippen molar-refractivity contribution >= 4 is 27.6 Å². The van der Waals surface area contributed by atoms with Crippen LogP contribution >= 0.6 is 22.7 Å². The highest BCUT2D eigenvalue weighted by atomic mass is 32.1. The number of rotatable bonds is 5. The van der Waals surface area contributed by atoms with E-state index in [2.05, 4.69) is 28.5 Å². The number of hydrogen-bond donors (Lipinski definition) is 4. The number of hydrogen-bond acceptors (Lipinski definition) is 6. The van der Waals surface area contributed by atoms with Crippen molar-refractivity contribution in [3.63, 3.8) is 0 Å². The summed E-state index contributed by atoms with van der Waals surface area (Å²) in [4.78, 5) is 10.4. The number of aryl methyl sites for hydroxylation is 2. The molecule has 26 heavy (non-hydrogen) atoms. The van der Waals surface area contributed by atoms with Crippen LogP contribution in [0.1, 0.15) is 27.2 Å². The number of aromatic hydroxyl groups is 1. The molecule has 1 aliphatic heterocycles. The number of nitrogens with zero attached hydrogens (tertiary/aromatic N) is 3. The van der Waals surface area contributed by atoms with Gasteiger partial charge in [0.05, 0.1) is 11.5 Å². The normalized spacial score (nSPS) is 22.1. The number of thiazole rings is 1. The van der Waals surface area contributed by atoms with E-state index in [1.807, 2.05) is 6.92 Å². The SMILES string of the molecule is Cc1nc2sc([C@@H](c3sccc3C)[NH+]3CC[NH+](CCO)CC3)c(O)n2n1. The molecule has 7 nitrogen and oxygen atoms in total. The van der Waals surface area contributed by atoms with Gasteiger partial charge in [0.25, 0.3) is 0 Å². The average molecular weight is 396 g/mol. The molecule has 0 bridgehead atoms. The van der Waals surface area contributed by atoms with Crippen molar-refractivity contribution in [1.82, 2.24) is 14.6 Å². The van der Waals surface area contributed by atoms with Crippen LogP contribution in [-0.2, 0) is 0 Å². The largest absolute Gasteiger partial charge is 0.492 e. The molecule has 0 saturated carbocycles. The lowest BCUT2D eigenvalue weighted by Crippen LogP contribution is -3.28. The van der Waals surface area contributed by atoms with E-state index in [1.54, 1.807) is 27.2 Å². The Kier molecular flexibility index (Phi) is 4.98. The van der Waals surface area contributed by atoms with Crippen LogP contribution < -0.4 is 9.80 Å². The third kappa shape index (κ3) is 3.14. The van der Waals surface area contributed by atoms with Gasteiger partial charge in [-0.15, -0.1) is 16.4 Å². The fourth-order valence-corrected chi connectivity index (χ4v) is 6.16. The van der Waals surface area contributed by atoms with Gasteiger partial charge in [-0.3, -0.25) is 0 Å². The van der Waals surface area contributed by atoms with Crippen LogP contribution in [0.5, 0.6) is 5.88 Å². The maximum atomic E-state index is 10.9. The molecule has 0 spiro atoms. The van der Waals surface area contributed by atoms with E-state index in [1.165, 1.54) is 20.2 Å². The number of nitrogens with one attached hydrogen (secondary N) is 2. The minimum Gasteiger partial charge on any atom is -0.492 e. The molecule has 140 valence electrons. The molecular weight excluding hydrogens is 370 g/mol. The van der Waals surface area contributed by atoms with E-state index < -0.39 is 0 Å². The van der Waals surface area contributed by atoms with Crippen LogP contribution in [0.2, 0.25) is 0 Å². The van der Waals surface area contributed by atoms with Crippen molar-refractivity contribution in [3.05, 3.63) is 32.6 Å². The number of aromatic nitrogens is 3. The number of aliphatic hydroxyl groups excluding tert-OH is 1. The zero-order valence-corrected chi connectivity index (χ0v) is 16.7. The minimum atomic E-state index is 0.111. The zero-order valence-electron chi connectivity index (χ0n) is 15.0. The Balaban J connectivity index is 1.71. The smallest absolute Gasteiger partial charge is 0.235 e. The van der Waals surface area contributed by atoms with Gasteiger partial charge in [0.2, 0.25) is 10.8 Å². The first-order valence-electron chi connectivity index (χ1n) is 8.96. The Hall–Kier alpha value is -1.52. The summed E-state index contributed by atoms with van der Waals surface area (Å²) in [5.74, 6) is 0.900. The van der Waals surface area contributed by atoms with Crippen molar-refractivity contribution in [1.29, 1.82) is 0 Å². The van der Waals surface area contributed by atoms with E-state index in [9.17, 15) is 10.2 Å². The van der Waals surface area contributed by atoms with Crippen molar-refractivity contribution in [3.8, 4) is 5.88 Å². The number of thiophene rings is 1. The number of fused-ring (bicyclic) bond motifs is 1. The van der Waals surface area contributed by atoms with Crippen LogP contribution in [0.15, 0.2) is 11.4 Å². The zero-order chi connectivity index (χ0) is 18.3. The summed E-state index contributed by atoms with van der Waals surface area (Å²) in [5.41, 5.74) is 1.27. The molecule has 0 unspecified atom stereocenters. The molecule has 4 N–H and O–H groups in total. The number of aliphatic hydroxyl groups is 1. The quantitative estimate of drug-likeness (QED) is 0.449. The molecule has 0 aromatic carbocycles. The van der Waals surface area contributed by atoms with Gasteiger partial charge >= 0.3 is 0 Å². The maximum absolute atomic E-state index is 10.9. The fourth-order valence-electron chi connectivity index (χ4n) is 3.83. The second-order valence-electron chi connectivity index (χ2n) is 6.93. The Morgan fingerprint density at radius 3 is 2.62 bits per heavy atom. The lowest BCUT2D eigenvalue weighted by Gasteiger charge is -2.34. The van der Waals surface area contributed by atoms with E-state index in [4.69, 9.17) is 0 Å². The Bertz CT molecular complexity index is 894. The molecule has 1 aliphatic rings. The predicted octanol–water partition coefficient (Wildman–Crippen LogP) is -0.960. The van der Waals surface area contributed by atoms with E-state index in [0.29, 0.717) is 5.82 Å². The first-order chi connectivity index (χ1) is 12.6. The lowest BCUT2D eigenvalue weighted by atomic mass is 10.1. The van der Waals surface area contributed by atoms with Gasteiger partial charge in [0, 0.05) is 0 Å². The van der Waals surface area contributed by atoms with Gasteiger partial charge in [-0.25, -0.2) is 4.98 Å². The summed E-state index contributed by atoms with van der Waals surface area (Å²) in [6, 6.07) is 2.26. The van der Waals surface area contributed by atoms with Crippen LogP contribution in [-0.4, -0.2) is 64.1 Å². The third-order valence-corrected chi connectivity index (χ3v) is 7.37. The predicted molar refractivity (Wildman–Crippen MR) is 102 cm³/mol. The van der Waals surface area contributed by atoms with Crippen LogP contribution in [0.25, 0.3) is 4.96 Å². The third-order valence-electron chi connectivity index (χ3n) is 5.20. The number of piperazine rings is 1. The average Bonchev–Trinajstić information content (AvgIpc) is 3.28. The Morgan fingerprint density at radius 1 is 1.23 bits per heavy atom. The molecule has 4 heterocycles. The molecule has 1 saturated heterocycles. The molecule has 0 amide bonds. The fraction of sp³-hybridized carbons (Fsp3) is 0.529.